The highest BCUT2D eigenvalue weighted by Crippen LogP contribution is 2.30. The summed E-state index contributed by atoms with van der Waals surface area (Å²) in [4.78, 5) is 13.9. The standard InChI is InChI=1S/C10H18N2O/c1-11-10(13)8-3-2-6-12(7-8)9-4-5-9/h8-9H,2-7H2,1H3,(H,11,13)/t8-/m0/s1. The van der Waals surface area contributed by atoms with Crippen LogP contribution in [0.15, 0.2) is 0 Å². The smallest absolute Gasteiger partial charge is 0.224 e. The van der Waals surface area contributed by atoms with Gasteiger partial charge in [-0.25, -0.2) is 0 Å². The minimum atomic E-state index is 0.227. The van der Waals surface area contributed by atoms with Crippen molar-refractivity contribution in [2.75, 3.05) is 20.1 Å². The molecule has 0 radical (unpaired) electrons. The molecular formula is C10H18N2O. The fourth-order valence-electron chi connectivity index (χ4n) is 2.20. The molecule has 0 spiro atoms. The molecule has 1 aliphatic heterocycles. The highest BCUT2D eigenvalue weighted by Gasteiger charge is 2.34. The van der Waals surface area contributed by atoms with Crippen LogP contribution in [-0.2, 0) is 4.79 Å². The summed E-state index contributed by atoms with van der Waals surface area (Å²) < 4.78 is 0. The number of carbonyl (C=O) groups excluding carboxylic acids is 1. The Morgan fingerprint density at radius 1 is 1.38 bits per heavy atom. The number of hydrogen-bond donors (Lipinski definition) is 1. The van der Waals surface area contributed by atoms with Gasteiger partial charge >= 0.3 is 0 Å². The third kappa shape index (κ3) is 2.02. The van der Waals surface area contributed by atoms with E-state index < -0.39 is 0 Å². The van der Waals surface area contributed by atoms with Crippen molar-refractivity contribution in [2.45, 2.75) is 31.7 Å². The van der Waals surface area contributed by atoms with Crippen molar-refractivity contribution in [2.24, 2.45) is 5.92 Å². The molecule has 2 fully saturated rings. The van der Waals surface area contributed by atoms with Crippen LogP contribution in [0.2, 0.25) is 0 Å². The van der Waals surface area contributed by atoms with E-state index in [1.807, 2.05) is 0 Å². The highest BCUT2D eigenvalue weighted by atomic mass is 16.1. The van der Waals surface area contributed by atoms with Crippen molar-refractivity contribution in [3.8, 4) is 0 Å². The Kier molecular flexibility index (Phi) is 2.54. The lowest BCUT2D eigenvalue weighted by Gasteiger charge is -2.31. The number of hydrogen-bond acceptors (Lipinski definition) is 2. The fraction of sp³-hybridized carbons (Fsp3) is 0.900. The van der Waals surface area contributed by atoms with Crippen LogP contribution in [0, 0.1) is 5.92 Å². The van der Waals surface area contributed by atoms with Crippen LogP contribution in [0.4, 0.5) is 0 Å². The van der Waals surface area contributed by atoms with Gasteiger partial charge in [-0.05, 0) is 32.2 Å². The fourth-order valence-corrected chi connectivity index (χ4v) is 2.20. The molecule has 1 heterocycles. The van der Waals surface area contributed by atoms with Gasteiger partial charge in [0.2, 0.25) is 5.91 Å². The minimum Gasteiger partial charge on any atom is -0.359 e. The van der Waals surface area contributed by atoms with Crippen LogP contribution in [-0.4, -0.2) is 37.0 Å². The molecule has 0 unspecified atom stereocenters. The lowest BCUT2D eigenvalue weighted by Crippen LogP contribution is -2.42. The average molecular weight is 182 g/mol. The van der Waals surface area contributed by atoms with E-state index >= 15 is 0 Å². The highest BCUT2D eigenvalue weighted by molar-refractivity contribution is 5.78. The Morgan fingerprint density at radius 3 is 2.77 bits per heavy atom. The van der Waals surface area contributed by atoms with Crippen LogP contribution < -0.4 is 5.32 Å². The molecule has 1 saturated heterocycles. The molecule has 0 aromatic heterocycles. The third-order valence-electron chi connectivity index (χ3n) is 3.13. The van der Waals surface area contributed by atoms with Gasteiger partial charge in [0, 0.05) is 19.6 Å². The molecule has 2 aliphatic rings. The van der Waals surface area contributed by atoms with E-state index in [1.165, 1.54) is 25.8 Å². The zero-order valence-electron chi connectivity index (χ0n) is 8.25. The summed E-state index contributed by atoms with van der Waals surface area (Å²) in [5, 5.41) is 2.75. The zero-order chi connectivity index (χ0) is 9.26. The summed E-state index contributed by atoms with van der Waals surface area (Å²) >= 11 is 0. The summed E-state index contributed by atoms with van der Waals surface area (Å²) in [6, 6.07) is 0.812. The summed E-state index contributed by atoms with van der Waals surface area (Å²) in [5.74, 6) is 0.477. The molecule has 0 aromatic rings. The van der Waals surface area contributed by atoms with Gasteiger partial charge in [0.1, 0.15) is 0 Å². The van der Waals surface area contributed by atoms with E-state index in [0.29, 0.717) is 0 Å². The molecule has 1 N–H and O–H groups in total. The first-order chi connectivity index (χ1) is 6.31. The predicted octanol–water partition coefficient (Wildman–Crippen LogP) is 0.607. The Morgan fingerprint density at radius 2 is 2.15 bits per heavy atom. The topological polar surface area (TPSA) is 32.3 Å². The molecule has 13 heavy (non-hydrogen) atoms. The van der Waals surface area contributed by atoms with Crippen molar-refractivity contribution in [3.05, 3.63) is 0 Å². The molecule has 0 bridgehead atoms. The van der Waals surface area contributed by atoms with Gasteiger partial charge in [-0.1, -0.05) is 0 Å². The van der Waals surface area contributed by atoms with Crippen LogP contribution in [0.1, 0.15) is 25.7 Å². The maximum Gasteiger partial charge on any atom is 0.224 e. The van der Waals surface area contributed by atoms with E-state index in [-0.39, 0.29) is 11.8 Å². The number of carbonyl (C=O) groups is 1. The number of likely N-dealkylation sites (tertiary alicyclic amines) is 1. The van der Waals surface area contributed by atoms with E-state index in [9.17, 15) is 4.79 Å². The Bertz CT molecular complexity index is 201. The van der Waals surface area contributed by atoms with Gasteiger partial charge < -0.3 is 5.32 Å². The minimum absolute atomic E-state index is 0.227. The molecule has 1 saturated carbocycles. The monoisotopic (exact) mass is 182 g/mol. The first-order valence-corrected chi connectivity index (χ1v) is 5.27. The summed E-state index contributed by atoms with van der Waals surface area (Å²) in [5.41, 5.74) is 0. The molecule has 1 atom stereocenters. The van der Waals surface area contributed by atoms with E-state index in [1.54, 1.807) is 7.05 Å². The van der Waals surface area contributed by atoms with Crippen molar-refractivity contribution in [1.82, 2.24) is 10.2 Å². The second-order valence-corrected chi connectivity index (χ2v) is 4.18. The van der Waals surface area contributed by atoms with Crippen molar-refractivity contribution >= 4 is 5.91 Å². The zero-order valence-corrected chi connectivity index (χ0v) is 8.25. The largest absolute Gasteiger partial charge is 0.359 e. The molecular weight excluding hydrogens is 164 g/mol. The summed E-state index contributed by atoms with van der Waals surface area (Å²) in [6.45, 7) is 2.20. The quantitative estimate of drug-likeness (QED) is 0.678. The maximum atomic E-state index is 11.4. The first kappa shape index (κ1) is 9.00. The molecule has 3 heteroatoms. The number of rotatable bonds is 2. The van der Waals surface area contributed by atoms with E-state index in [4.69, 9.17) is 0 Å². The van der Waals surface area contributed by atoms with Crippen molar-refractivity contribution in [3.63, 3.8) is 0 Å². The number of nitrogens with zero attached hydrogens (tertiary/aromatic N) is 1. The first-order valence-electron chi connectivity index (χ1n) is 5.27. The SMILES string of the molecule is CNC(=O)[C@H]1CCCN(C2CC2)C1. The summed E-state index contributed by atoms with van der Waals surface area (Å²) in [6.07, 6.45) is 4.96. The average Bonchev–Trinajstić information content (AvgIpc) is 3.00. The summed E-state index contributed by atoms with van der Waals surface area (Å²) in [7, 11) is 1.73. The van der Waals surface area contributed by atoms with Crippen molar-refractivity contribution < 1.29 is 4.79 Å². The van der Waals surface area contributed by atoms with E-state index in [2.05, 4.69) is 10.2 Å². The molecule has 1 amide bonds. The molecule has 2 rings (SSSR count). The third-order valence-corrected chi connectivity index (χ3v) is 3.13. The van der Waals surface area contributed by atoms with E-state index in [0.717, 1.165) is 19.0 Å². The number of amides is 1. The number of piperidine rings is 1. The van der Waals surface area contributed by atoms with Crippen LogP contribution in [0.5, 0.6) is 0 Å². The second-order valence-electron chi connectivity index (χ2n) is 4.18. The normalized spacial score (nSPS) is 30.1. The van der Waals surface area contributed by atoms with Gasteiger partial charge in [0.25, 0.3) is 0 Å². The van der Waals surface area contributed by atoms with Gasteiger partial charge in [0.05, 0.1) is 5.92 Å². The predicted molar refractivity (Wildman–Crippen MR) is 51.4 cm³/mol. The van der Waals surface area contributed by atoms with Crippen LogP contribution in [0.25, 0.3) is 0 Å². The van der Waals surface area contributed by atoms with Gasteiger partial charge in [-0.3, -0.25) is 9.69 Å². The lowest BCUT2D eigenvalue weighted by molar-refractivity contribution is -0.126. The second kappa shape index (κ2) is 3.66. The molecule has 74 valence electrons. The van der Waals surface area contributed by atoms with Gasteiger partial charge in [-0.15, -0.1) is 0 Å². The molecule has 3 nitrogen and oxygen atoms in total. The van der Waals surface area contributed by atoms with Gasteiger partial charge in [-0.2, -0.15) is 0 Å². The Balaban J connectivity index is 1.87. The maximum absolute atomic E-state index is 11.4. The Hall–Kier alpha value is -0.570. The Labute approximate surface area is 79.5 Å². The molecule has 1 aliphatic carbocycles. The van der Waals surface area contributed by atoms with Crippen molar-refractivity contribution in [1.29, 1.82) is 0 Å². The van der Waals surface area contributed by atoms with Crippen LogP contribution in [0.3, 0.4) is 0 Å². The lowest BCUT2D eigenvalue weighted by atomic mass is 9.97. The number of nitrogens with one attached hydrogen (secondary N) is 1. The van der Waals surface area contributed by atoms with Crippen LogP contribution >= 0.6 is 0 Å². The molecule has 0 aromatic carbocycles. The van der Waals surface area contributed by atoms with Gasteiger partial charge in [0.15, 0.2) is 0 Å².